The highest BCUT2D eigenvalue weighted by molar-refractivity contribution is 6.31. The summed E-state index contributed by atoms with van der Waals surface area (Å²) >= 11 is 5.98. The Morgan fingerprint density at radius 2 is 1.84 bits per heavy atom. The lowest BCUT2D eigenvalue weighted by atomic mass is 10.2. The molecule has 2 aromatic carbocycles. The topological polar surface area (TPSA) is 114 Å². The molecule has 3 amide bonds. The Balaban J connectivity index is 1.67. The Morgan fingerprint density at radius 3 is 2.59 bits per heavy atom. The maximum absolute atomic E-state index is 12.3. The number of carbonyl (C=O) groups is 2. The smallest absolute Gasteiger partial charge is 0.337 e. The highest BCUT2D eigenvalue weighted by atomic mass is 35.5. The number of rotatable bonds is 7. The molecular formula is C22H22ClN5O4. The standard InChI is InChI=1S/C22H22ClN5O4/c1-13-4-6-15(11-20(13)32-16-8-9-25-18(12-16)21(29)24-2)27-28-22(30)26-17-10-14(23)5-7-19(17)31-3/h4-12,27H,1-3H3,(H,24,29)(H2,26,28,30). The van der Waals surface area contributed by atoms with Crippen LogP contribution in [0.3, 0.4) is 0 Å². The first-order valence-corrected chi connectivity index (χ1v) is 9.90. The first-order chi connectivity index (χ1) is 15.4. The molecule has 0 aliphatic rings. The molecule has 0 atom stereocenters. The molecule has 1 aromatic heterocycles. The van der Waals surface area contributed by atoms with E-state index in [9.17, 15) is 9.59 Å². The van der Waals surface area contributed by atoms with Gasteiger partial charge in [-0.15, -0.1) is 0 Å². The number of methoxy groups -OCH3 is 1. The summed E-state index contributed by atoms with van der Waals surface area (Å²) in [6, 6.07) is 12.9. The van der Waals surface area contributed by atoms with Crippen molar-refractivity contribution < 1.29 is 19.1 Å². The van der Waals surface area contributed by atoms with Gasteiger partial charge in [0.25, 0.3) is 5.91 Å². The van der Waals surface area contributed by atoms with E-state index >= 15 is 0 Å². The van der Waals surface area contributed by atoms with E-state index in [2.05, 4.69) is 26.5 Å². The van der Waals surface area contributed by atoms with Crippen LogP contribution in [0.15, 0.2) is 54.7 Å². The van der Waals surface area contributed by atoms with Gasteiger partial charge in [-0.3, -0.25) is 20.6 Å². The van der Waals surface area contributed by atoms with Crippen LogP contribution in [0.1, 0.15) is 16.1 Å². The molecule has 0 saturated carbocycles. The number of pyridine rings is 1. The molecule has 1 heterocycles. The molecule has 4 N–H and O–H groups in total. The molecule has 3 aromatic rings. The number of aromatic nitrogens is 1. The van der Waals surface area contributed by atoms with Crippen LogP contribution in [0.2, 0.25) is 5.02 Å². The Kier molecular flexibility index (Phi) is 7.35. The number of nitrogens with zero attached hydrogens (tertiary/aromatic N) is 1. The van der Waals surface area contributed by atoms with Crippen LogP contribution in [0.4, 0.5) is 16.2 Å². The molecule has 0 bridgehead atoms. The zero-order chi connectivity index (χ0) is 23.1. The molecule has 32 heavy (non-hydrogen) atoms. The number of halogens is 1. The number of hydrogen-bond donors (Lipinski definition) is 4. The fraction of sp³-hybridized carbons (Fsp3) is 0.136. The zero-order valence-electron chi connectivity index (χ0n) is 17.7. The summed E-state index contributed by atoms with van der Waals surface area (Å²) in [4.78, 5) is 28.1. The van der Waals surface area contributed by atoms with Gasteiger partial charge >= 0.3 is 6.03 Å². The molecule has 0 unspecified atom stereocenters. The van der Waals surface area contributed by atoms with E-state index in [4.69, 9.17) is 21.1 Å². The molecular weight excluding hydrogens is 434 g/mol. The van der Waals surface area contributed by atoms with E-state index in [-0.39, 0.29) is 11.6 Å². The van der Waals surface area contributed by atoms with Crippen molar-refractivity contribution in [3.8, 4) is 17.2 Å². The fourth-order valence-corrected chi connectivity index (χ4v) is 2.87. The maximum Gasteiger partial charge on any atom is 0.337 e. The van der Waals surface area contributed by atoms with Gasteiger partial charge in [0.15, 0.2) is 0 Å². The largest absolute Gasteiger partial charge is 0.495 e. The quantitative estimate of drug-likeness (QED) is 0.394. The monoisotopic (exact) mass is 455 g/mol. The van der Waals surface area contributed by atoms with Crippen LogP contribution < -0.4 is 31.0 Å². The number of anilines is 2. The number of benzene rings is 2. The van der Waals surface area contributed by atoms with Gasteiger partial charge in [0.1, 0.15) is 22.9 Å². The van der Waals surface area contributed by atoms with Crippen molar-refractivity contribution in [1.82, 2.24) is 15.7 Å². The second-order valence-corrected chi connectivity index (χ2v) is 7.02. The molecule has 3 rings (SSSR count). The lowest BCUT2D eigenvalue weighted by molar-refractivity contribution is 0.0958. The van der Waals surface area contributed by atoms with Gasteiger partial charge in [-0.1, -0.05) is 17.7 Å². The second-order valence-electron chi connectivity index (χ2n) is 6.59. The summed E-state index contributed by atoms with van der Waals surface area (Å²) in [7, 11) is 3.03. The third-order valence-electron chi connectivity index (χ3n) is 4.34. The number of amides is 3. The molecule has 0 radical (unpaired) electrons. The first kappa shape index (κ1) is 22.7. The highest BCUT2D eigenvalue weighted by Crippen LogP contribution is 2.29. The molecule has 10 heteroatoms. The van der Waals surface area contributed by atoms with Crippen molar-refractivity contribution in [2.75, 3.05) is 24.9 Å². The Labute approximate surface area is 190 Å². The lowest BCUT2D eigenvalue weighted by Crippen LogP contribution is -2.33. The second kappa shape index (κ2) is 10.4. The normalized spacial score (nSPS) is 10.1. The van der Waals surface area contributed by atoms with Gasteiger partial charge in [-0.2, -0.15) is 0 Å². The number of carbonyl (C=O) groups excluding carboxylic acids is 2. The van der Waals surface area contributed by atoms with Gasteiger partial charge in [-0.25, -0.2) is 4.79 Å². The number of hydrazine groups is 1. The van der Waals surface area contributed by atoms with Gasteiger partial charge in [-0.05, 0) is 42.8 Å². The van der Waals surface area contributed by atoms with E-state index in [0.29, 0.717) is 33.6 Å². The summed E-state index contributed by atoms with van der Waals surface area (Å²) in [6.07, 6.45) is 1.49. The van der Waals surface area contributed by atoms with E-state index < -0.39 is 6.03 Å². The van der Waals surface area contributed by atoms with Crippen LogP contribution >= 0.6 is 11.6 Å². The van der Waals surface area contributed by atoms with Crippen molar-refractivity contribution in [1.29, 1.82) is 0 Å². The van der Waals surface area contributed by atoms with Gasteiger partial charge in [0, 0.05) is 30.4 Å². The summed E-state index contributed by atoms with van der Waals surface area (Å²) < 4.78 is 11.1. The first-order valence-electron chi connectivity index (χ1n) is 9.53. The molecule has 0 spiro atoms. The lowest BCUT2D eigenvalue weighted by Gasteiger charge is -2.14. The van der Waals surface area contributed by atoms with Crippen molar-refractivity contribution >= 4 is 34.9 Å². The summed E-state index contributed by atoms with van der Waals surface area (Å²) in [5, 5.41) is 5.65. The van der Waals surface area contributed by atoms with Crippen molar-refractivity contribution in [3.05, 3.63) is 71.0 Å². The van der Waals surface area contributed by atoms with Crippen LogP contribution in [-0.4, -0.2) is 31.1 Å². The Morgan fingerprint density at radius 1 is 1.03 bits per heavy atom. The fourth-order valence-electron chi connectivity index (χ4n) is 2.70. The van der Waals surface area contributed by atoms with Crippen molar-refractivity contribution in [3.63, 3.8) is 0 Å². The van der Waals surface area contributed by atoms with E-state index in [0.717, 1.165) is 5.56 Å². The molecule has 0 aliphatic carbocycles. The summed E-state index contributed by atoms with van der Waals surface area (Å²) in [5.41, 5.74) is 7.48. The minimum atomic E-state index is -0.516. The molecule has 9 nitrogen and oxygen atoms in total. The Hall–Kier alpha value is -3.98. The number of ether oxygens (including phenoxy) is 2. The minimum Gasteiger partial charge on any atom is -0.495 e. The summed E-state index contributed by atoms with van der Waals surface area (Å²) in [5.74, 6) is 1.17. The van der Waals surface area contributed by atoms with Crippen LogP contribution in [0.25, 0.3) is 0 Å². The van der Waals surface area contributed by atoms with E-state index in [1.165, 1.54) is 20.4 Å². The van der Waals surface area contributed by atoms with Crippen LogP contribution in [-0.2, 0) is 0 Å². The summed E-state index contributed by atoms with van der Waals surface area (Å²) in [6.45, 7) is 1.88. The Bertz CT molecular complexity index is 1140. The average molecular weight is 456 g/mol. The number of hydrogen-bond acceptors (Lipinski definition) is 6. The third kappa shape index (κ3) is 5.79. The van der Waals surface area contributed by atoms with Crippen molar-refractivity contribution in [2.24, 2.45) is 0 Å². The predicted octanol–water partition coefficient (Wildman–Crippen LogP) is 4.35. The molecule has 0 saturated heterocycles. The molecule has 0 aliphatic heterocycles. The highest BCUT2D eigenvalue weighted by Gasteiger charge is 2.10. The average Bonchev–Trinajstić information content (AvgIpc) is 2.79. The van der Waals surface area contributed by atoms with E-state index in [1.54, 1.807) is 42.5 Å². The number of nitrogens with one attached hydrogen (secondary N) is 4. The SMILES string of the molecule is CNC(=O)c1cc(Oc2cc(NNC(=O)Nc3cc(Cl)ccc3OC)ccc2C)ccn1. The molecule has 166 valence electrons. The third-order valence-corrected chi connectivity index (χ3v) is 4.57. The van der Waals surface area contributed by atoms with Crippen molar-refractivity contribution in [2.45, 2.75) is 6.92 Å². The van der Waals surface area contributed by atoms with E-state index in [1.807, 2.05) is 13.0 Å². The van der Waals surface area contributed by atoms with Gasteiger partial charge < -0.3 is 20.1 Å². The van der Waals surface area contributed by atoms with Crippen LogP contribution in [0.5, 0.6) is 17.2 Å². The zero-order valence-corrected chi connectivity index (χ0v) is 18.4. The molecule has 0 fully saturated rings. The van der Waals surface area contributed by atoms with Crippen LogP contribution in [0, 0.1) is 6.92 Å². The van der Waals surface area contributed by atoms with Gasteiger partial charge in [0.2, 0.25) is 0 Å². The van der Waals surface area contributed by atoms with Gasteiger partial charge in [0.05, 0.1) is 18.5 Å². The number of urea groups is 1. The number of aryl methyl sites for hydroxylation is 1. The maximum atomic E-state index is 12.3. The minimum absolute atomic E-state index is 0.242. The predicted molar refractivity (Wildman–Crippen MR) is 123 cm³/mol.